The van der Waals surface area contributed by atoms with Crippen molar-refractivity contribution in [1.82, 2.24) is 20.5 Å². The van der Waals surface area contributed by atoms with Crippen molar-refractivity contribution in [2.45, 2.75) is 19.9 Å². The average Bonchev–Trinajstić information content (AvgIpc) is 2.89. The van der Waals surface area contributed by atoms with E-state index in [1.165, 1.54) is 0 Å². The number of amides is 1. The normalized spacial score (nSPS) is 11.0. The molecule has 0 aliphatic carbocycles. The van der Waals surface area contributed by atoms with Crippen molar-refractivity contribution in [3.8, 4) is 11.1 Å². The second-order valence-electron chi connectivity index (χ2n) is 5.47. The fourth-order valence-electron chi connectivity index (χ4n) is 2.31. The van der Waals surface area contributed by atoms with Crippen molar-refractivity contribution in [3.63, 3.8) is 0 Å². The minimum atomic E-state index is -0.191. The van der Waals surface area contributed by atoms with Crippen LogP contribution >= 0.6 is 0 Å². The molecule has 1 aromatic carbocycles. The van der Waals surface area contributed by atoms with E-state index in [0.29, 0.717) is 11.4 Å². The third-order valence-corrected chi connectivity index (χ3v) is 3.29. The summed E-state index contributed by atoms with van der Waals surface area (Å²) >= 11 is 0. The maximum absolute atomic E-state index is 12.2. The van der Waals surface area contributed by atoms with Crippen molar-refractivity contribution < 1.29 is 4.79 Å². The van der Waals surface area contributed by atoms with E-state index in [2.05, 4.69) is 20.5 Å². The summed E-state index contributed by atoms with van der Waals surface area (Å²) in [5.41, 5.74) is 9.42. The Morgan fingerprint density at radius 2 is 2.05 bits per heavy atom. The summed E-state index contributed by atoms with van der Waals surface area (Å²) in [5.74, 6) is -0.191. The third kappa shape index (κ3) is 2.63. The molecule has 22 heavy (non-hydrogen) atoms. The molecule has 112 valence electrons. The van der Waals surface area contributed by atoms with Crippen LogP contribution in [-0.4, -0.2) is 27.1 Å². The van der Waals surface area contributed by atoms with E-state index in [9.17, 15) is 4.79 Å². The zero-order valence-corrected chi connectivity index (χ0v) is 12.4. The molecule has 3 aromatic rings. The quantitative estimate of drug-likeness (QED) is 0.691. The van der Waals surface area contributed by atoms with E-state index in [1.807, 2.05) is 38.1 Å². The number of hydrogen-bond acceptors (Lipinski definition) is 4. The highest BCUT2D eigenvalue weighted by atomic mass is 16.2. The molecule has 1 amide bonds. The number of anilines is 1. The predicted molar refractivity (Wildman–Crippen MR) is 86.3 cm³/mol. The Morgan fingerprint density at radius 3 is 2.77 bits per heavy atom. The van der Waals surface area contributed by atoms with Crippen LogP contribution < -0.4 is 11.1 Å². The number of H-pyrrole nitrogens is 1. The van der Waals surface area contributed by atoms with Gasteiger partial charge in [-0.3, -0.25) is 14.9 Å². The number of rotatable bonds is 3. The lowest BCUT2D eigenvalue weighted by molar-refractivity contribution is 0.0939. The van der Waals surface area contributed by atoms with Crippen molar-refractivity contribution >= 4 is 22.5 Å². The largest absolute Gasteiger partial charge is 0.397 e. The van der Waals surface area contributed by atoms with Crippen LogP contribution in [0.2, 0.25) is 0 Å². The molecule has 0 aliphatic heterocycles. The molecular weight excluding hydrogens is 278 g/mol. The van der Waals surface area contributed by atoms with Gasteiger partial charge in [0, 0.05) is 29.4 Å². The van der Waals surface area contributed by atoms with Gasteiger partial charge in [0.15, 0.2) is 5.69 Å². The Morgan fingerprint density at radius 1 is 1.23 bits per heavy atom. The highest BCUT2D eigenvalue weighted by molar-refractivity contribution is 6.05. The first-order valence-electron chi connectivity index (χ1n) is 7.04. The third-order valence-electron chi connectivity index (χ3n) is 3.29. The molecule has 0 aliphatic rings. The lowest BCUT2D eigenvalue weighted by Gasteiger charge is -2.07. The number of carbonyl (C=O) groups is 1. The topological polar surface area (TPSA) is 96.7 Å². The van der Waals surface area contributed by atoms with Crippen LogP contribution in [0.1, 0.15) is 24.3 Å². The molecule has 4 N–H and O–H groups in total. The van der Waals surface area contributed by atoms with Crippen LogP contribution in [-0.2, 0) is 0 Å². The number of carbonyl (C=O) groups excluding carboxylic acids is 1. The zero-order chi connectivity index (χ0) is 15.7. The Hall–Kier alpha value is -2.89. The van der Waals surface area contributed by atoms with Crippen LogP contribution in [0.25, 0.3) is 22.0 Å². The molecule has 0 saturated heterocycles. The number of fused-ring (bicyclic) bond motifs is 1. The number of hydrogen-bond donors (Lipinski definition) is 3. The Bertz CT molecular complexity index is 837. The van der Waals surface area contributed by atoms with Crippen molar-refractivity contribution in [2.75, 3.05) is 5.73 Å². The number of nitrogen functional groups attached to an aromatic ring is 1. The average molecular weight is 295 g/mol. The van der Waals surface area contributed by atoms with E-state index in [1.54, 1.807) is 12.4 Å². The summed E-state index contributed by atoms with van der Waals surface area (Å²) in [6.45, 7) is 3.83. The number of aromatic nitrogens is 3. The SMILES string of the molecule is CC(C)NC(=O)c1n[nH]c2ccc(-c3cncc(N)c3)cc12. The summed E-state index contributed by atoms with van der Waals surface area (Å²) in [7, 11) is 0. The van der Waals surface area contributed by atoms with Gasteiger partial charge in [0.25, 0.3) is 5.91 Å². The molecule has 0 fully saturated rings. The molecule has 0 saturated carbocycles. The van der Waals surface area contributed by atoms with E-state index in [4.69, 9.17) is 5.73 Å². The molecule has 6 heteroatoms. The van der Waals surface area contributed by atoms with Crippen molar-refractivity contribution in [1.29, 1.82) is 0 Å². The fraction of sp³-hybridized carbons (Fsp3) is 0.188. The molecule has 0 atom stereocenters. The Labute approximate surface area is 127 Å². The van der Waals surface area contributed by atoms with Gasteiger partial charge in [-0.25, -0.2) is 0 Å². The maximum atomic E-state index is 12.2. The van der Waals surface area contributed by atoms with Gasteiger partial charge in [-0.2, -0.15) is 5.10 Å². The second kappa shape index (κ2) is 5.48. The van der Waals surface area contributed by atoms with Crippen LogP contribution in [0.3, 0.4) is 0 Å². The summed E-state index contributed by atoms with van der Waals surface area (Å²) < 4.78 is 0. The van der Waals surface area contributed by atoms with Gasteiger partial charge >= 0.3 is 0 Å². The molecule has 0 radical (unpaired) electrons. The van der Waals surface area contributed by atoms with Gasteiger partial charge in [-0.15, -0.1) is 0 Å². The summed E-state index contributed by atoms with van der Waals surface area (Å²) in [5, 5.41) is 10.6. The first-order valence-corrected chi connectivity index (χ1v) is 7.04. The summed E-state index contributed by atoms with van der Waals surface area (Å²) in [6.07, 6.45) is 3.34. The molecule has 6 nitrogen and oxygen atoms in total. The van der Waals surface area contributed by atoms with Gasteiger partial charge in [0.2, 0.25) is 0 Å². The predicted octanol–water partition coefficient (Wildman–Crippen LogP) is 2.35. The lowest BCUT2D eigenvalue weighted by Crippen LogP contribution is -2.30. The van der Waals surface area contributed by atoms with E-state index >= 15 is 0 Å². The highest BCUT2D eigenvalue weighted by Gasteiger charge is 2.15. The number of nitrogens with zero attached hydrogens (tertiary/aromatic N) is 2. The number of pyridine rings is 1. The second-order valence-corrected chi connectivity index (χ2v) is 5.47. The molecule has 2 aromatic heterocycles. The molecule has 0 spiro atoms. The minimum absolute atomic E-state index is 0.0561. The van der Waals surface area contributed by atoms with Crippen molar-refractivity contribution in [2.24, 2.45) is 0 Å². The van der Waals surface area contributed by atoms with Gasteiger partial charge in [-0.05, 0) is 37.6 Å². The van der Waals surface area contributed by atoms with Gasteiger partial charge in [0.1, 0.15) is 0 Å². The highest BCUT2D eigenvalue weighted by Crippen LogP contribution is 2.26. The van der Waals surface area contributed by atoms with Gasteiger partial charge in [-0.1, -0.05) is 6.07 Å². The monoisotopic (exact) mass is 295 g/mol. The van der Waals surface area contributed by atoms with Gasteiger partial charge < -0.3 is 11.1 Å². The molecular formula is C16H17N5O. The van der Waals surface area contributed by atoms with E-state index < -0.39 is 0 Å². The molecule has 2 heterocycles. The van der Waals surface area contributed by atoms with E-state index in [-0.39, 0.29) is 11.9 Å². The minimum Gasteiger partial charge on any atom is -0.397 e. The molecule has 0 bridgehead atoms. The first-order chi connectivity index (χ1) is 10.5. The van der Waals surface area contributed by atoms with Crippen LogP contribution in [0, 0.1) is 0 Å². The first kappa shape index (κ1) is 14.1. The fourth-order valence-corrected chi connectivity index (χ4v) is 2.31. The molecule has 0 unspecified atom stereocenters. The molecule has 3 rings (SSSR count). The zero-order valence-electron chi connectivity index (χ0n) is 12.4. The number of benzene rings is 1. The lowest BCUT2D eigenvalue weighted by atomic mass is 10.0. The van der Waals surface area contributed by atoms with Crippen LogP contribution in [0.5, 0.6) is 0 Å². The Kier molecular flexibility index (Phi) is 3.50. The smallest absolute Gasteiger partial charge is 0.272 e. The number of nitrogens with one attached hydrogen (secondary N) is 2. The number of aromatic amines is 1. The number of nitrogens with two attached hydrogens (primary N) is 1. The van der Waals surface area contributed by atoms with Crippen LogP contribution in [0.4, 0.5) is 5.69 Å². The summed E-state index contributed by atoms with van der Waals surface area (Å²) in [4.78, 5) is 16.3. The van der Waals surface area contributed by atoms with Gasteiger partial charge in [0.05, 0.1) is 11.2 Å². The van der Waals surface area contributed by atoms with Crippen molar-refractivity contribution in [3.05, 3.63) is 42.4 Å². The van der Waals surface area contributed by atoms with E-state index in [0.717, 1.165) is 22.0 Å². The summed E-state index contributed by atoms with van der Waals surface area (Å²) in [6, 6.07) is 7.67. The standard InChI is InChI=1S/C16H17N5O/c1-9(2)19-16(22)15-13-6-10(3-4-14(13)20-21-15)11-5-12(17)8-18-7-11/h3-9H,17H2,1-2H3,(H,19,22)(H,20,21). The van der Waals surface area contributed by atoms with Crippen LogP contribution in [0.15, 0.2) is 36.7 Å². The Balaban J connectivity index is 2.07. The maximum Gasteiger partial charge on any atom is 0.272 e.